The number of ether oxygens (including phenoxy) is 3. The summed E-state index contributed by atoms with van der Waals surface area (Å²) in [6.07, 6.45) is 11.6. The highest BCUT2D eigenvalue weighted by molar-refractivity contribution is 7.95. The van der Waals surface area contributed by atoms with Crippen molar-refractivity contribution in [2.75, 3.05) is 45.4 Å². The van der Waals surface area contributed by atoms with E-state index in [0.717, 1.165) is 68.3 Å². The lowest BCUT2D eigenvalue weighted by atomic mass is 9.78. The maximum Gasteiger partial charge on any atom is 0.262 e. The molecule has 0 radical (unpaired) electrons. The third-order valence-corrected chi connectivity index (χ3v) is 11.1. The third kappa shape index (κ3) is 8.81. The van der Waals surface area contributed by atoms with Gasteiger partial charge in [-0.3, -0.25) is 9.52 Å². The molecule has 1 amide bonds. The van der Waals surface area contributed by atoms with Crippen molar-refractivity contribution in [3.05, 3.63) is 69.8 Å². The molecule has 0 aromatic heterocycles. The van der Waals surface area contributed by atoms with Crippen molar-refractivity contribution in [2.45, 2.75) is 96.3 Å². The Morgan fingerprint density at radius 3 is 2.74 bits per heavy atom. The number of amides is 1. The Kier molecular flexibility index (Phi) is 12.8. The number of carbonyl (C=O) groups is 1. The SMILES string of the molecule is CCCc1cc(Cl)ccc1C1COc2ccc(C(=O)NSN(CC3CCCO3)C(C)C/C=C(\C)C(OC)C3CCC3)cc2N(C)C1. The smallest absolute Gasteiger partial charge is 0.262 e. The molecule has 4 atom stereocenters. The van der Waals surface area contributed by atoms with E-state index in [4.69, 9.17) is 25.8 Å². The predicted molar refractivity (Wildman–Crippen MR) is 190 cm³/mol. The molecule has 2 heterocycles. The highest BCUT2D eigenvalue weighted by atomic mass is 35.5. The summed E-state index contributed by atoms with van der Waals surface area (Å²) in [4.78, 5) is 15.7. The summed E-state index contributed by atoms with van der Waals surface area (Å²) >= 11 is 7.73. The first-order valence-electron chi connectivity index (χ1n) is 17.1. The molecular formula is C37H52ClN3O4S. The van der Waals surface area contributed by atoms with Gasteiger partial charge in [0.25, 0.3) is 5.91 Å². The highest BCUT2D eigenvalue weighted by Gasteiger charge is 2.29. The average Bonchev–Trinajstić information content (AvgIpc) is 3.49. The Labute approximate surface area is 285 Å². The van der Waals surface area contributed by atoms with Gasteiger partial charge in [0, 0.05) is 68.5 Å². The zero-order chi connectivity index (χ0) is 32.6. The van der Waals surface area contributed by atoms with Crippen LogP contribution in [0, 0.1) is 5.92 Å². The van der Waals surface area contributed by atoms with Gasteiger partial charge in [-0.25, -0.2) is 4.31 Å². The highest BCUT2D eigenvalue weighted by Crippen LogP contribution is 2.37. The molecule has 3 aliphatic rings. The van der Waals surface area contributed by atoms with E-state index in [2.05, 4.69) is 60.0 Å². The molecule has 0 bridgehead atoms. The van der Waals surface area contributed by atoms with E-state index < -0.39 is 0 Å². The average molecular weight is 670 g/mol. The Morgan fingerprint density at radius 1 is 1.22 bits per heavy atom. The zero-order valence-electron chi connectivity index (χ0n) is 28.2. The van der Waals surface area contributed by atoms with E-state index in [1.165, 1.54) is 48.1 Å². The van der Waals surface area contributed by atoms with Crippen molar-refractivity contribution in [3.63, 3.8) is 0 Å². The van der Waals surface area contributed by atoms with Crippen molar-refractivity contribution >= 4 is 35.3 Å². The van der Waals surface area contributed by atoms with E-state index in [1.54, 1.807) is 0 Å². The number of hydrogen-bond acceptors (Lipinski definition) is 7. The summed E-state index contributed by atoms with van der Waals surface area (Å²) in [6, 6.07) is 12.2. The fraction of sp³-hybridized carbons (Fsp3) is 0.595. The summed E-state index contributed by atoms with van der Waals surface area (Å²) in [7, 11) is 3.90. The number of fused-ring (bicyclic) bond motifs is 1. The van der Waals surface area contributed by atoms with Crippen molar-refractivity contribution in [1.29, 1.82) is 0 Å². The molecule has 9 heteroatoms. The molecule has 7 nitrogen and oxygen atoms in total. The van der Waals surface area contributed by atoms with Crippen LogP contribution in [0.25, 0.3) is 0 Å². The molecule has 2 aromatic rings. The number of nitrogens with zero attached hydrogens (tertiary/aromatic N) is 2. The molecule has 4 unspecified atom stereocenters. The normalized spacial score (nSPS) is 21.7. The number of anilines is 1. The van der Waals surface area contributed by atoms with E-state index in [0.29, 0.717) is 18.1 Å². The van der Waals surface area contributed by atoms with Crippen molar-refractivity contribution < 1.29 is 19.0 Å². The Morgan fingerprint density at radius 2 is 2.04 bits per heavy atom. The lowest BCUT2D eigenvalue weighted by Crippen LogP contribution is -2.37. The maximum absolute atomic E-state index is 13.5. The van der Waals surface area contributed by atoms with Gasteiger partial charge in [0.15, 0.2) is 0 Å². The van der Waals surface area contributed by atoms with Crippen LogP contribution >= 0.6 is 23.7 Å². The molecule has 252 valence electrons. The molecule has 5 rings (SSSR count). The standard InChI is InChI=1S/C37H52ClN3O4S/c1-6-9-28-20-31(38)16-17-33(28)30-22-40(4)34-21-29(15-18-35(34)45-24-30)37(42)39-46-41(23-32-12-8-19-44-32)26(3)14-13-25(2)36(43-5)27-10-7-11-27/h13,15-18,20-21,26-27,30,32,36H,6-12,14,19,22-24H2,1-5H3,(H,39,42)/b25-13+. The number of likely N-dealkylation sites (N-methyl/N-ethyl adjacent to an activating group) is 1. The van der Waals surface area contributed by atoms with Crippen molar-refractivity contribution in [1.82, 2.24) is 9.03 Å². The number of carbonyl (C=O) groups excluding carboxylic acids is 1. The van der Waals surface area contributed by atoms with E-state index in [-0.39, 0.29) is 30.1 Å². The van der Waals surface area contributed by atoms with Crippen molar-refractivity contribution in [2.24, 2.45) is 5.92 Å². The second-order valence-electron chi connectivity index (χ2n) is 13.3. The molecule has 1 saturated carbocycles. The second-order valence-corrected chi connectivity index (χ2v) is 14.6. The van der Waals surface area contributed by atoms with E-state index >= 15 is 0 Å². The van der Waals surface area contributed by atoms with Crippen LogP contribution < -0.4 is 14.4 Å². The van der Waals surface area contributed by atoms with Crippen LogP contribution in [-0.4, -0.2) is 68.9 Å². The van der Waals surface area contributed by atoms with Gasteiger partial charge in [-0.15, -0.1) is 0 Å². The molecule has 2 aliphatic heterocycles. The van der Waals surface area contributed by atoms with Crippen LogP contribution in [0.3, 0.4) is 0 Å². The molecule has 2 fully saturated rings. The fourth-order valence-corrected chi connectivity index (χ4v) is 7.96. The predicted octanol–water partition coefficient (Wildman–Crippen LogP) is 8.22. The number of aryl methyl sites for hydroxylation is 1. The fourth-order valence-electron chi connectivity index (χ4n) is 6.94. The van der Waals surface area contributed by atoms with Crippen LogP contribution in [0.15, 0.2) is 48.0 Å². The number of rotatable bonds is 14. The van der Waals surface area contributed by atoms with Gasteiger partial charge < -0.3 is 19.1 Å². The number of hydrogen-bond donors (Lipinski definition) is 1. The number of nitrogens with one attached hydrogen (secondary N) is 1. The minimum atomic E-state index is -0.120. The Balaban J connectivity index is 1.24. The zero-order valence-corrected chi connectivity index (χ0v) is 29.8. The molecule has 2 aromatic carbocycles. The lowest BCUT2D eigenvalue weighted by molar-refractivity contribution is 0.0450. The minimum Gasteiger partial charge on any atom is -0.491 e. The lowest BCUT2D eigenvalue weighted by Gasteiger charge is -2.34. The van der Waals surface area contributed by atoms with Crippen molar-refractivity contribution in [3.8, 4) is 5.75 Å². The minimum absolute atomic E-state index is 0.120. The topological polar surface area (TPSA) is 63.3 Å². The van der Waals surface area contributed by atoms with Gasteiger partial charge in [-0.2, -0.15) is 0 Å². The van der Waals surface area contributed by atoms with Gasteiger partial charge in [0.1, 0.15) is 5.75 Å². The first-order valence-corrected chi connectivity index (χ1v) is 18.2. The Hall–Kier alpha value is -2.23. The maximum atomic E-state index is 13.5. The van der Waals surface area contributed by atoms with Gasteiger partial charge in [0.05, 0.1) is 24.5 Å². The first kappa shape index (κ1) is 35.1. The summed E-state index contributed by atoms with van der Waals surface area (Å²) in [5.41, 5.74) is 5.41. The van der Waals surface area contributed by atoms with Gasteiger partial charge in [-0.05, 0) is 105 Å². The molecular weight excluding hydrogens is 618 g/mol. The van der Waals surface area contributed by atoms with Crippen LogP contribution in [0.1, 0.15) is 93.1 Å². The third-order valence-electron chi connectivity index (χ3n) is 9.85. The van der Waals surface area contributed by atoms with Crippen LogP contribution in [0.4, 0.5) is 5.69 Å². The first-order chi connectivity index (χ1) is 22.3. The monoisotopic (exact) mass is 669 g/mol. The number of benzene rings is 2. The summed E-state index contributed by atoms with van der Waals surface area (Å²) < 4.78 is 23.6. The molecule has 1 saturated heterocycles. The van der Waals surface area contributed by atoms with Gasteiger partial charge >= 0.3 is 0 Å². The molecule has 1 N–H and O–H groups in total. The quantitative estimate of drug-likeness (QED) is 0.161. The summed E-state index contributed by atoms with van der Waals surface area (Å²) in [6.45, 7) is 9.55. The second kappa shape index (κ2) is 16.7. The molecule has 0 spiro atoms. The largest absolute Gasteiger partial charge is 0.491 e. The summed E-state index contributed by atoms with van der Waals surface area (Å²) in [5.74, 6) is 1.51. The van der Waals surface area contributed by atoms with E-state index in [9.17, 15) is 4.79 Å². The molecule has 46 heavy (non-hydrogen) atoms. The molecule has 1 aliphatic carbocycles. The van der Waals surface area contributed by atoms with E-state index in [1.807, 2.05) is 31.4 Å². The Bertz CT molecular complexity index is 1350. The van der Waals surface area contributed by atoms with Crippen LogP contribution in [-0.2, 0) is 15.9 Å². The summed E-state index contributed by atoms with van der Waals surface area (Å²) in [5, 5.41) is 0.769. The van der Waals surface area contributed by atoms with Gasteiger partial charge in [-0.1, -0.05) is 43.5 Å². The van der Waals surface area contributed by atoms with Gasteiger partial charge in [0.2, 0.25) is 0 Å². The van der Waals surface area contributed by atoms with Crippen LogP contribution in [0.5, 0.6) is 5.75 Å². The number of halogens is 1. The number of methoxy groups -OCH3 is 1. The van der Waals surface area contributed by atoms with Crippen LogP contribution in [0.2, 0.25) is 5.02 Å².